The van der Waals surface area contributed by atoms with Crippen LogP contribution in [0.3, 0.4) is 0 Å². The molecule has 0 saturated heterocycles. The molecule has 10 heteroatoms. The molecule has 2 rings (SSSR count). The van der Waals surface area contributed by atoms with Crippen molar-refractivity contribution in [3.8, 4) is 0 Å². The number of nitro groups is 1. The van der Waals surface area contributed by atoms with Gasteiger partial charge in [0.05, 0.1) is 9.82 Å². The topological polar surface area (TPSA) is 115 Å². The smallest absolute Gasteiger partial charge is 0.299 e. The third-order valence-corrected chi connectivity index (χ3v) is 5.33. The normalized spacial score (nSPS) is 13.1. The van der Waals surface area contributed by atoms with E-state index in [1.54, 1.807) is 18.2 Å². The van der Waals surface area contributed by atoms with Gasteiger partial charge in [0.1, 0.15) is 16.8 Å². The fraction of sp³-hybridized carbons (Fsp3) is 0.214. The first kappa shape index (κ1) is 18.0. The van der Waals surface area contributed by atoms with Crippen molar-refractivity contribution in [2.75, 3.05) is 7.05 Å². The lowest BCUT2D eigenvalue weighted by molar-refractivity contribution is -0.386. The Balaban J connectivity index is 2.77. The van der Waals surface area contributed by atoms with E-state index in [0.29, 0.717) is 0 Å². The predicted octanol–water partition coefficient (Wildman–Crippen LogP) is 2.56. The molecule has 2 aromatic rings. The highest BCUT2D eigenvalue weighted by Crippen LogP contribution is 2.35. The monoisotopic (exact) mass is 368 g/mol. The zero-order valence-corrected chi connectivity index (χ0v) is 14.3. The fourth-order valence-electron chi connectivity index (χ4n) is 2.11. The van der Waals surface area contributed by atoms with Crippen molar-refractivity contribution >= 4 is 33.3 Å². The summed E-state index contributed by atoms with van der Waals surface area (Å²) in [6, 6.07) is 7.57. The number of aliphatic imine (C=N–C) groups is 1. The second-order valence-corrected chi connectivity index (χ2v) is 7.17. The van der Waals surface area contributed by atoms with Crippen molar-refractivity contribution in [1.82, 2.24) is 9.97 Å². The van der Waals surface area contributed by atoms with E-state index < -0.39 is 30.9 Å². The number of sulfone groups is 1. The summed E-state index contributed by atoms with van der Waals surface area (Å²) in [5.41, 5.74) is -0.960. The molecule has 0 aliphatic rings. The summed E-state index contributed by atoms with van der Waals surface area (Å²) >= 11 is 5.84. The Labute approximate surface area is 143 Å². The van der Waals surface area contributed by atoms with Crippen LogP contribution < -0.4 is 0 Å². The molecular weight excluding hydrogens is 356 g/mol. The molecule has 1 aromatic heterocycles. The summed E-state index contributed by atoms with van der Waals surface area (Å²) < 4.78 is 25.8. The van der Waals surface area contributed by atoms with Crippen molar-refractivity contribution in [2.45, 2.75) is 17.1 Å². The number of halogens is 1. The van der Waals surface area contributed by atoms with Crippen molar-refractivity contribution in [2.24, 2.45) is 4.99 Å². The van der Waals surface area contributed by atoms with Gasteiger partial charge in [0.25, 0.3) is 0 Å². The molecule has 0 aliphatic carbocycles. The molecule has 0 spiro atoms. The Morgan fingerprint density at radius 3 is 2.46 bits per heavy atom. The molecule has 1 unspecified atom stereocenters. The standard InChI is InChI=1S/C14H13ClN4O4S/c1-9-17-12(13(19(20)21)14(15)18-9)11(8-16-2)24(22,23)10-6-4-3-5-7-10/h3-8,11H,1-2H3. The van der Waals surface area contributed by atoms with Gasteiger partial charge in [0, 0.05) is 13.3 Å². The van der Waals surface area contributed by atoms with Gasteiger partial charge in [-0.25, -0.2) is 18.4 Å². The van der Waals surface area contributed by atoms with Gasteiger partial charge in [-0.05, 0) is 19.1 Å². The molecule has 0 aliphatic heterocycles. The van der Waals surface area contributed by atoms with E-state index >= 15 is 0 Å². The SMILES string of the molecule is CN=CC(c1nc(C)nc(Cl)c1[N+](=O)[O-])S(=O)(=O)c1ccccc1. The third-order valence-electron chi connectivity index (χ3n) is 3.12. The van der Waals surface area contributed by atoms with Crippen molar-refractivity contribution < 1.29 is 13.3 Å². The number of aromatic nitrogens is 2. The summed E-state index contributed by atoms with van der Waals surface area (Å²) in [6.45, 7) is 1.47. The number of hydrogen-bond donors (Lipinski definition) is 0. The van der Waals surface area contributed by atoms with Crippen molar-refractivity contribution in [1.29, 1.82) is 0 Å². The van der Waals surface area contributed by atoms with Crippen LogP contribution in [0.2, 0.25) is 5.15 Å². The van der Waals surface area contributed by atoms with Crippen LogP contribution in [0.5, 0.6) is 0 Å². The molecule has 0 radical (unpaired) electrons. The van der Waals surface area contributed by atoms with E-state index in [2.05, 4.69) is 15.0 Å². The van der Waals surface area contributed by atoms with Gasteiger partial charge in [0.2, 0.25) is 5.15 Å². The molecule has 24 heavy (non-hydrogen) atoms. The lowest BCUT2D eigenvalue weighted by Crippen LogP contribution is -2.19. The highest BCUT2D eigenvalue weighted by atomic mass is 35.5. The summed E-state index contributed by atoms with van der Waals surface area (Å²) in [5, 5.41) is 9.46. The number of hydrogen-bond acceptors (Lipinski definition) is 7. The minimum Gasteiger partial charge on any atom is -0.299 e. The van der Waals surface area contributed by atoms with Gasteiger partial charge >= 0.3 is 5.69 Å². The minimum absolute atomic E-state index is 0.00316. The van der Waals surface area contributed by atoms with Crippen LogP contribution in [0.1, 0.15) is 16.8 Å². The maximum atomic E-state index is 12.9. The first-order chi connectivity index (χ1) is 11.3. The Morgan fingerprint density at radius 1 is 1.29 bits per heavy atom. The molecule has 8 nitrogen and oxygen atoms in total. The molecule has 0 N–H and O–H groups in total. The Hall–Kier alpha value is -2.39. The van der Waals surface area contributed by atoms with E-state index in [0.717, 1.165) is 6.21 Å². The average molecular weight is 369 g/mol. The quantitative estimate of drug-likeness (QED) is 0.346. The van der Waals surface area contributed by atoms with E-state index in [9.17, 15) is 18.5 Å². The van der Waals surface area contributed by atoms with Crippen LogP contribution in [-0.4, -0.2) is 36.6 Å². The molecular formula is C14H13ClN4O4S. The van der Waals surface area contributed by atoms with Gasteiger partial charge in [0.15, 0.2) is 9.84 Å². The third kappa shape index (κ3) is 3.41. The van der Waals surface area contributed by atoms with Crippen LogP contribution in [0.15, 0.2) is 40.2 Å². The van der Waals surface area contributed by atoms with Crippen LogP contribution in [0.4, 0.5) is 5.69 Å². The van der Waals surface area contributed by atoms with Crippen LogP contribution >= 0.6 is 11.6 Å². The average Bonchev–Trinajstić information content (AvgIpc) is 2.52. The van der Waals surface area contributed by atoms with E-state index in [1.807, 2.05) is 0 Å². The first-order valence-electron chi connectivity index (χ1n) is 6.68. The van der Waals surface area contributed by atoms with Crippen molar-refractivity contribution in [3.63, 3.8) is 0 Å². The first-order valence-corrected chi connectivity index (χ1v) is 8.61. The predicted molar refractivity (Wildman–Crippen MR) is 89.2 cm³/mol. The van der Waals surface area contributed by atoms with Gasteiger partial charge < -0.3 is 0 Å². The summed E-state index contributed by atoms with van der Waals surface area (Å²) in [6.07, 6.45) is 1.09. The molecule has 0 saturated carbocycles. The zero-order chi connectivity index (χ0) is 17.9. The minimum atomic E-state index is -4.01. The fourth-order valence-corrected chi connectivity index (χ4v) is 3.97. The Morgan fingerprint density at radius 2 is 1.92 bits per heavy atom. The molecule has 0 amide bonds. The maximum absolute atomic E-state index is 12.9. The lowest BCUT2D eigenvalue weighted by Gasteiger charge is -2.14. The van der Waals surface area contributed by atoms with E-state index in [-0.39, 0.29) is 16.4 Å². The second-order valence-electron chi connectivity index (χ2n) is 4.74. The molecule has 1 aromatic carbocycles. The largest absolute Gasteiger partial charge is 0.329 e. The number of nitrogens with zero attached hydrogens (tertiary/aromatic N) is 4. The van der Waals surface area contributed by atoms with Crippen LogP contribution in [0.25, 0.3) is 0 Å². The van der Waals surface area contributed by atoms with Crippen LogP contribution in [-0.2, 0) is 9.84 Å². The molecule has 0 bridgehead atoms. The highest BCUT2D eigenvalue weighted by molar-refractivity contribution is 7.92. The molecule has 0 fully saturated rings. The van der Waals surface area contributed by atoms with Gasteiger partial charge in [-0.1, -0.05) is 29.8 Å². The summed E-state index contributed by atoms with van der Waals surface area (Å²) in [5.74, 6) is 0.123. The zero-order valence-electron chi connectivity index (χ0n) is 12.7. The second kappa shape index (κ2) is 7.02. The highest BCUT2D eigenvalue weighted by Gasteiger charge is 2.36. The molecule has 1 heterocycles. The Kier molecular flexibility index (Phi) is 5.25. The molecule has 1 atom stereocenters. The van der Waals surface area contributed by atoms with E-state index in [1.165, 1.54) is 26.1 Å². The van der Waals surface area contributed by atoms with Crippen LogP contribution in [0, 0.1) is 17.0 Å². The van der Waals surface area contributed by atoms with Gasteiger partial charge in [-0.2, -0.15) is 0 Å². The lowest BCUT2D eigenvalue weighted by atomic mass is 10.2. The van der Waals surface area contributed by atoms with E-state index in [4.69, 9.17) is 11.6 Å². The number of rotatable bonds is 5. The summed E-state index contributed by atoms with van der Waals surface area (Å²) in [4.78, 5) is 21.9. The number of aryl methyl sites for hydroxylation is 1. The maximum Gasteiger partial charge on any atom is 0.329 e. The van der Waals surface area contributed by atoms with Gasteiger partial charge in [-0.3, -0.25) is 15.1 Å². The Bertz CT molecular complexity index is 900. The summed E-state index contributed by atoms with van der Waals surface area (Å²) in [7, 11) is -2.64. The molecule has 126 valence electrons. The van der Waals surface area contributed by atoms with Crippen molar-refractivity contribution in [3.05, 3.63) is 57.1 Å². The number of benzene rings is 1. The van der Waals surface area contributed by atoms with Gasteiger partial charge in [-0.15, -0.1) is 0 Å².